The van der Waals surface area contributed by atoms with Gasteiger partial charge in [0.25, 0.3) is 0 Å². The van der Waals surface area contributed by atoms with Gasteiger partial charge in [0.2, 0.25) is 0 Å². The molecule has 0 radical (unpaired) electrons. The van der Waals surface area contributed by atoms with Crippen LogP contribution >= 0.6 is 11.6 Å². The van der Waals surface area contributed by atoms with Gasteiger partial charge in [-0.05, 0) is 24.3 Å². The minimum Gasteiger partial charge on any atom is -0.508 e. The Morgan fingerprint density at radius 3 is 2.82 bits per heavy atom. The van der Waals surface area contributed by atoms with Crippen LogP contribution in [0.2, 0.25) is 5.02 Å². The third-order valence-corrected chi connectivity index (χ3v) is 2.87. The van der Waals surface area contributed by atoms with Gasteiger partial charge in [0.05, 0.1) is 10.7 Å². The zero-order valence-electron chi connectivity index (χ0n) is 8.84. The fourth-order valence-electron chi connectivity index (χ4n) is 1.78. The van der Waals surface area contributed by atoms with Crippen molar-refractivity contribution < 1.29 is 5.11 Å². The molecule has 84 valence electrons. The molecule has 0 aliphatic rings. The van der Waals surface area contributed by atoms with Crippen LogP contribution in [0.15, 0.2) is 48.8 Å². The Bertz CT molecular complexity index is 691. The molecule has 0 aliphatic heterocycles. The lowest BCUT2D eigenvalue weighted by Gasteiger charge is -1.96. The summed E-state index contributed by atoms with van der Waals surface area (Å²) in [7, 11) is 0. The van der Waals surface area contributed by atoms with Crippen LogP contribution in [0.4, 0.5) is 0 Å². The zero-order chi connectivity index (χ0) is 11.8. The van der Waals surface area contributed by atoms with Crippen molar-refractivity contribution in [3.05, 3.63) is 53.8 Å². The molecule has 0 spiro atoms. The summed E-state index contributed by atoms with van der Waals surface area (Å²) in [6, 6.07) is 10.7. The number of halogens is 1. The first-order chi connectivity index (χ1) is 8.24. The molecule has 1 aromatic carbocycles. The molecule has 2 aromatic heterocycles. The van der Waals surface area contributed by atoms with Gasteiger partial charge in [-0.3, -0.25) is 0 Å². The van der Waals surface area contributed by atoms with Crippen molar-refractivity contribution in [1.82, 2.24) is 9.38 Å². The highest BCUT2D eigenvalue weighted by Crippen LogP contribution is 2.25. The van der Waals surface area contributed by atoms with Crippen molar-refractivity contribution in [3.63, 3.8) is 0 Å². The van der Waals surface area contributed by atoms with Gasteiger partial charge in [-0.15, -0.1) is 0 Å². The number of nitrogens with zero attached hydrogens (tertiary/aromatic N) is 2. The molecule has 0 saturated carbocycles. The number of hydrogen-bond donors (Lipinski definition) is 1. The predicted octanol–water partition coefficient (Wildman–Crippen LogP) is 3.36. The SMILES string of the molecule is Oc1cccc(-c2cn3cccc(Cl)c3n2)c1. The maximum atomic E-state index is 9.44. The molecule has 0 saturated heterocycles. The molecule has 0 aliphatic carbocycles. The first-order valence-electron chi connectivity index (χ1n) is 5.17. The second-order valence-corrected chi connectivity index (χ2v) is 4.17. The average molecular weight is 245 g/mol. The van der Waals surface area contributed by atoms with Crippen LogP contribution in [0.3, 0.4) is 0 Å². The number of fused-ring (bicyclic) bond motifs is 1. The Morgan fingerprint density at radius 2 is 2.06 bits per heavy atom. The lowest BCUT2D eigenvalue weighted by molar-refractivity contribution is 0.475. The van der Waals surface area contributed by atoms with E-state index in [0.29, 0.717) is 10.7 Å². The highest BCUT2D eigenvalue weighted by atomic mass is 35.5. The van der Waals surface area contributed by atoms with Crippen molar-refractivity contribution in [1.29, 1.82) is 0 Å². The summed E-state index contributed by atoms with van der Waals surface area (Å²) in [6.45, 7) is 0. The van der Waals surface area contributed by atoms with Gasteiger partial charge in [-0.2, -0.15) is 0 Å². The topological polar surface area (TPSA) is 37.5 Å². The number of benzene rings is 1. The van der Waals surface area contributed by atoms with Gasteiger partial charge in [0, 0.05) is 18.0 Å². The van der Waals surface area contributed by atoms with Crippen LogP contribution in [-0.2, 0) is 0 Å². The van der Waals surface area contributed by atoms with E-state index >= 15 is 0 Å². The number of imidazole rings is 1. The minimum atomic E-state index is 0.227. The molecule has 4 heteroatoms. The molecule has 2 heterocycles. The van der Waals surface area contributed by atoms with Crippen LogP contribution in [0, 0.1) is 0 Å². The standard InChI is InChI=1S/C13H9ClN2O/c14-11-5-2-6-16-8-12(15-13(11)16)9-3-1-4-10(17)7-9/h1-8,17H. The van der Waals surface area contributed by atoms with Gasteiger partial charge in [0.1, 0.15) is 5.75 Å². The molecular weight excluding hydrogens is 236 g/mol. The first kappa shape index (κ1) is 10.2. The van der Waals surface area contributed by atoms with Crippen molar-refractivity contribution in [2.45, 2.75) is 0 Å². The van der Waals surface area contributed by atoms with Gasteiger partial charge in [0.15, 0.2) is 5.65 Å². The summed E-state index contributed by atoms with van der Waals surface area (Å²) in [5.74, 6) is 0.227. The molecule has 0 unspecified atom stereocenters. The molecule has 3 nitrogen and oxygen atoms in total. The fraction of sp³-hybridized carbons (Fsp3) is 0. The maximum absolute atomic E-state index is 9.44. The summed E-state index contributed by atoms with van der Waals surface area (Å²) < 4.78 is 1.86. The molecule has 3 rings (SSSR count). The highest BCUT2D eigenvalue weighted by Gasteiger charge is 2.06. The second kappa shape index (κ2) is 3.79. The number of pyridine rings is 1. The highest BCUT2D eigenvalue weighted by molar-refractivity contribution is 6.33. The van der Waals surface area contributed by atoms with E-state index in [0.717, 1.165) is 11.3 Å². The Labute approximate surface area is 103 Å². The molecular formula is C13H9ClN2O. The van der Waals surface area contributed by atoms with Gasteiger partial charge >= 0.3 is 0 Å². The van der Waals surface area contributed by atoms with E-state index in [-0.39, 0.29) is 5.75 Å². The minimum absolute atomic E-state index is 0.227. The smallest absolute Gasteiger partial charge is 0.156 e. The number of aromatic nitrogens is 2. The maximum Gasteiger partial charge on any atom is 0.156 e. The number of phenols is 1. The summed E-state index contributed by atoms with van der Waals surface area (Å²) >= 11 is 6.06. The Hall–Kier alpha value is -2.00. The van der Waals surface area contributed by atoms with Crippen LogP contribution in [0.1, 0.15) is 0 Å². The molecule has 17 heavy (non-hydrogen) atoms. The average Bonchev–Trinajstić information content (AvgIpc) is 2.74. The third-order valence-electron chi connectivity index (χ3n) is 2.58. The quantitative estimate of drug-likeness (QED) is 0.713. The zero-order valence-corrected chi connectivity index (χ0v) is 9.59. The van der Waals surface area contributed by atoms with Crippen LogP contribution < -0.4 is 0 Å². The fourth-order valence-corrected chi connectivity index (χ4v) is 2.00. The van der Waals surface area contributed by atoms with Crippen molar-refractivity contribution in [2.24, 2.45) is 0 Å². The lowest BCUT2D eigenvalue weighted by Crippen LogP contribution is -1.80. The largest absolute Gasteiger partial charge is 0.508 e. The van der Waals surface area contributed by atoms with Crippen molar-refractivity contribution >= 4 is 17.2 Å². The van der Waals surface area contributed by atoms with Crippen molar-refractivity contribution in [3.8, 4) is 17.0 Å². The van der Waals surface area contributed by atoms with E-state index in [1.807, 2.05) is 28.9 Å². The molecule has 0 amide bonds. The van der Waals surface area contributed by atoms with E-state index in [2.05, 4.69) is 4.98 Å². The van der Waals surface area contributed by atoms with E-state index < -0.39 is 0 Å². The Morgan fingerprint density at radius 1 is 1.18 bits per heavy atom. The normalized spacial score (nSPS) is 10.9. The summed E-state index contributed by atoms with van der Waals surface area (Å²) in [6.07, 6.45) is 3.77. The molecule has 0 atom stereocenters. The van der Waals surface area contributed by atoms with Crippen LogP contribution in [0.25, 0.3) is 16.9 Å². The van der Waals surface area contributed by atoms with Gasteiger partial charge < -0.3 is 9.51 Å². The molecule has 3 aromatic rings. The van der Waals surface area contributed by atoms with E-state index in [1.165, 1.54) is 0 Å². The predicted molar refractivity (Wildman–Crippen MR) is 67.3 cm³/mol. The van der Waals surface area contributed by atoms with Crippen LogP contribution in [-0.4, -0.2) is 14.5 Å². The Kier molecular flexibility index (Phi) is 2.27. The summed E-state index contributed by atoms with van der Waals surface area (Å²) in [5, 5.41) is 10.1. The third kappa shape index (κ3) is 1.74. The number of aromatic hydroxyl groups is 1. The van der Waals surface area contributed by atoms with E-state index in [1.54, 1.807) is 24.3 Å². The number of hydrogen-bond acceptors (Lipinski definition) is 2. The molecule has 1 N–H and O–H groups in total. The lowest BCUT2D eigenvalue weighted by atomic mass is 10.2. The van der Waals surface area contributed by atoms with Crippen molar-refractivity contribution in [2.75, 3.05) is 0 Å². The van der Waals surface area contributed by atoms with Crippen LogP contribution in [0.5, 0.6) is 5.75 Å². The monoisotopic (exact) mass is 244 g/mol. The number of rotatable bonds is 1. The molecule has 0 fully saturated rings. The second-order valence-electron chi connectivity index (χ2n) is 3.76. The number of phenolic OH excluding ortho intramolecular Hbond substituents is 1. The Balaban J connectivity index is 2.22. The van der Waals surface area contributed by atoms with E-state index in [4.69, 9.17) is 11.6 Å². The van der Waals surface area contributed by atoms with Gasteiger partial charge in [-0.25, -0.2) is 4.98 Å². The van der Waals surface area contributed by atoms with Gasteiger partial charge in [-0.1, -0.05) is 23.7 Å². The van der Waals surface area contributed by atoms with E-state index in [9.17, 15) is 5.11 Å². The summed E-state index contributed by atoms with van der Waals surface area (Å²) in [5.41, 5.74) is 2.37. The summed E-state index contributed by atoms with van der Waals surface area (Å²) in [4.78, 5) is 4.44. The molecule has 0 bridgehead atoms. The first-order valence-corrected chi connectivity index (χ1v) is 5.54.